The third-order valence-corrected chi connectivity index (χ3v) is 19.9. The number of benzene rings is 1. The smallest absolute Gasteiger partial charge is 0.306 e. The van der Waals surface area contributed by atoms with Crippen LogP contribution in [0.25, 0.3) is 11.0 Å². The average molecular weight is 916 g/mol. The van der Waals surface area contributed by atoms with E-state index in [1.54, 1.807) is 42.2 Å². The molecule has 5 bridgehead atoms. The summed E-state index contributed by atoms with van der Waals surface area (Å²) in [7, 11) is 3.42. The number of carbonyl (C=O) groups excluding carboxylic acids is 1. The van der Waals surface area contributed by atoms with E-state index in [4.69, 9.17) is 23.4 Å². The summed E-state index contributed by atoms with van der Waals surface area (Å²) in [4.78, 5) is 12.9. The van der Waals surface area contributed by atoms with E-state index < -0.39 is 71.7 Å². The zero-order valence-corrected chi connectivity index (χ0v) is 38.5. The van der Waals surface area contributed by atoms with Gasteiger partial charge in [0.2, 0.25) is 12.0 Å². The van der Waals surface area contributed by atoms with Crippen molar-refractivity contribution in [1.29, 1.82) is 0 Å². The second-order valence-electron chi connectivity index (χ2n) is 20.3. The molecule has 13 unspecified atom stereocenters. The first-order chi connectivity index (χ1) is 30.3. The van der Waals surface area contributed by atoms with Gasteiger partial charge in [0.05, 0.1) is 25.1 Å². The monoisotopic (exact) mass is 915 g/mol. The molecule has 7 aliphatic rings. The van der Waals surface area contributed by atoms with Crippen molar-refractivity contribution in [3.05, 3.63) is 36.1 Å². The highest BCUT2D eigenvalue weighted by molar-refractivity contribution is 8.77. The molecule has 5 fully saturated rings. The van der Waals surface area contributed by atoms with Gasteiger partial charge in [0.15, 0.2) is 16.9 Å². The Labute approximate surface area is 378 Å². The van der Waals surface area contributed by atoms with Crippen molar-refractivity contribution < 1.29 is 58.8 Å². The lowest BCUT2D eigenvalue weighted by Crippen LogP contribution is -2.86. The zero-order chi connectivity index (χ0) is 44.2. The molecular formula is C48H69NO12S2. The minimum atomic E-state index is -2.44. The number of hydrogen-bond donors (Lipinski definition) is 7. The number of rotatable bonds is 5. The first kappa shape index (κ1) is 46.1. The van der Waals surface area contributed by atoms with Crippen molar-refractivity contribution >= 4 is 38.5 Å². The van der Waals surface area contributed by atoms with Gasteiger partial charge >= 0.3 is 5.97 Å². The van der Waals surface area contributed by atoms with Crippen molar-refractivity contribution in [2.24, 2.45) is 29.1 Å². The maximum Gasteiger partial charge on any atom is 0.306 e. The number of allylic oxidation sites excluding steroid dienone is 1. The SMILES string of the molecule is CCOC(=O)CCc1cc2ccoc2c2c1OC1OC3(CSSC4(CCCC5(CCCC5)C4)C(CCC(C)CCCC3O)NCCO2)C2(O)CC3C=CC(O)C(CO)C3C1(O)C2O. The van der Waals surface area contributed by atoms with Gasteiger partial charge < -0.3 is 59.3 Å². The molecule has 350 valence electrons. The molecule has 9 rings (SSSR count). The fraction of sp³-hybridized carbons (Fsp3) is 0.771. The first-order valence-corrected chi connectivity index (χ1v) is 26.1. The second kappa shape index (κ2) is 18.2. The molecule has 3 spiro atoms. The highest BCUT2D eigenvalue weighted by Crippen LogP contribution is 2.64. The summed E-state index contributed by atoms with van der Waals surface area (Å²) in [5.74, 6) is -2.28. The standard InChI is InChI=1S/C48H69NO12S2/c1-3-57-37(53)15-12-30-24-31-16-22-58-39(31)41-40(30)60-43-48(56)38-32(11-13-34(51)33(38)26-50)25-46(55,42(48)54)47(61-43)28-62-63-45(20-7-19-44(27-45)17-4-5-18-44)35(49-21-23-59-41)14-10-29(2)8-6-9-36(47)52/h11,13,16,22,24,29,32-36,38,42-43,49-52,54-56H,3-10,12,14-15,17-21,23,25-28H2,1-2H3. The van der Waals surface area contributed by atoms with Crippen LogP contribution in [0.5, 0.6) is 11.5 Å². The Morgan fingerprint density at radius 3 is 2.60 bits per heavy atom. The fourth-order valence-electron chi connectivity index (χ4n) is 13.4. The summed E-state index contributed by atoms with van der Waals surface area (Å²) >= 11 is 0. The quantitative estimate of drug-likeness (QED) is 0.105. The lowest BCUT2D eigenvalue weighted by molar-refractivity contribution is -0.424. The van der Waals surface area contributed by atoms with Gasteiger partial charge in [0.25, 0.3) is 0 Å². The summed E-state index contributed by atoms with van der Waals surface area (Å²) in [6.07, 6.45) is 11.8. The topological polar surface area (TPSA) is 201 Å². The highest BCUT2D eigenvalue weighted by Gasteiger charge is 2.78. The number of furan rings is 1. The Morgan fingerprint density at radius 2 is 1.81 bits per heavy atom. The summed E-state index contributed by atoms with van der Waals surface area (Å²) in [5, 5.41) is 79.5. The third-order valence-electron chi connectivity index (χ3n) is 16.6. The summed E-state index contributed by atoms with van der Waals surface area (Å²) < 4.78 is 32.2. The number of hydrogen-bond acceptors (Lipinski definition) is 15. The van der Waals surface area contributed by atoms with Gasteiger partial charge in [-0.2, -0.15) is 0 Å². The van der Waals surface area contributed by atoms with Crippen molar-refractivity contribution in [3.8, 4) is 11.5 Å². The fourth-order valence-corrected chi connectivity index (χ4v) is 17.4. The predicted molar refractivity (Wildman–Crippen MR) is 240 cm³/mol. The van der Waals surface area contributed by atoms with E-state index in [2.05, 4.69) is 12.2 Å². The maximum atomic E-state index is 13.4. The number of fused-ring (bicyclic) bond motifs is 11. The van der Waals surface area contributed by atoms with E-state index in [-0.39, 0.29) is 72.4 Å². The molecule has 0 amide bonds. The Kier molecular flexibility index (Phi) is 13.3. The van der Waals surface area contributed by atoms with Crippen LogP contribution < -0.4 is 14.8 Å². The van der Waals surface area contributed by atoms with Gasteiger partial charge in [-0.25, -0.2) is 0 Å². The molecule has 7 N–H and O–H groups in total. The van der Waals surface area contributed by atoms with Crippen LogP contribution in [0.15, 0.2) is 35.0 Å². The van der Waals surface area contributed by atoms with Crippen LogP contribution in [0, 0.1) is 29.1 Å². The molecule has 63 heavy (non-hydrogen) atoms. The van der Waals surface area contributed by atoms with Gasteiger partial charge in [-0.1, -0.05) is 72.8 Å². The van der Waals surface area contributed by atoms with Crippen LogP contribution in [0.1, 0.15) is 116 Å². The van der Waals surface area contributed by atoms with Crippen LogP contribution in [0.4, 0.5) is 0 Å². The van der Waals surface area contributed by atoms with E-state index in [1.165, 1.54) is 32.1 Å². The van der Waals surface area contributed by atoms with Crippen molar-refractivity contribution in [2.75, 3.05) is 32.1 Å². The Bertz CT molecular complexity index is 1980. The van der Waals surface area contributed by atoms with Crippen LogP contribution in [0.3, 0.4) is 0 Å². The van der Waals surface area contributed by atoms with Crippen LogP contribution >= 0.6 is 21.6 Å². The number of ether oxygens (including phenoxy) is 4. The van der Waals surface area contributed by atoms with E-state index in [9.17, 15) is 35.4 Å². The van der Waals surface area contributed by atoms with Gasteiger partial charge in [-0.05, 0) is 106 Å². The molecular weight excluding hydrogens is 847 g/mol. The second-order valence-corrected chi connectivity index (χ2v) is 23.0. The molecule has 0 radical (unpaired) electrons. The number of esters is 1. The van der Waals surface area contributed by atoms with Gasteiger partial charge in [0.1, 0.15) is 23.9 Å². The molecule has 2 saturated heterocycles. The number of carbonyl (C=O) groups is 1. The highest BCUT2D eigenvalue weighted by atomic mass is 33.1. The first-order valence-electron chi connectivity index (χ1n) is 23.8. The van der Waals surface area contributed by atoms with Crippen molar-refractivity contribution in [2.45, 2.75) is 169 Å². The Balaban J connectivity index is 1.24. The van der Waals surface area contributed by atoms with Gasteiger partial charge in [0, 0.05) is 53.3 Å². The molecule has 4 heterocycles. The van der Waals surface area contributed by atoms with Crippen LogP contribution in [-0.4, -0.2) is 121 Å². The molecule has 1 aromatic carbocycles. The van der Waals surface area contributed by atoms with E-state index in [1.807, 2.05) is 16.9 Å². The Morgan fingerprint density at radius 1 is 1.00 bits per heavy atom. The molecule has 3 saturated carbocycles. The number of nitrogens with one attached hydrogen (secondary N) is 1. The van der Waals surface area contributed by atoms with E-state index >= 15 is 0 Å². The largest absolute Gasteiger partial charge is 0.485 e. The lowest BCUT2D eigenvalue weighted by Gasteiger charge is -2.67. The van der Waals surface area contributed by atoms with Gasteiger partial charge in [-0.3, -0.25) is 4.79 Å². The van der Waals surface area contributed by atoms with Crippen LogP contribution in [0.2, 0.25) is 0 Å². The predicted octanol–water partition coefficient (Wildman–Crippen LogP) is 5.97. The molecule has 13 nitrogen and oxygen atoms in total. The van der Waals surface area contributed by atoms with E-state index in [0.717, 1.165) is 38.5 Å². The zero-order valence-electron chi connectivity index (χ0n) is 36.9. The van der Waals surface area contributed by atoms with Crippen molar-refractivity contribution in [1.82, 2.24) is 5.32 Å². The maximum absolute atomic E-state index is 13.4. The minimum absolute atomic E-state index is 0.00118. The third kappa shape index (κ3) is 7.97. The summed E-state index contributed by atoms with van der Waals surface area (Å²) in [6.45, 7) is 4.46. The lowest BCUT2D eigenvalue weighted by atomic mass is 9.50. The molecule has 3 aliphatic heterocycles. The van der Waals surface area contributed by atoms with Gasteiger partial charge in [-0.15, -0.1) is 0 Å². The number of aliphatic hydroxyl groups is 6. The molecule has 1 aromatic heterocycles. The molecule has 4 aliphatic carbocycles. The van der Waals surface area contributed by atoms with Crippen LogP contribution in [-0.2, 0) is 20.7 Å². The molecule has 2 aromatic rings. The Hall–Kier alpha value is -2.05. The average Bonchev–Trinajstić information content (AvgIpc) is 3.93. The molecule has 15 heteroatoms. The minimum Gasteiger partial charge on any atom is -0.485 e. The van der Waals surface area contributed by atoms with Crippen molar-refractivity contribution in [3.63, 3.8) is 0 Å². The molecule has 13 atom stereocenters. The van der Waals surface area contributed by atoms with E-state index in [0.29, 0.717) is 35.4 Å². The normalized spacial score (nSPS) is 41.7. The summed E-state index contributed by atoms with van der Waals surface area (Å²) in [5.41, 5.74) is -5.35. The number of aliphatic hydroxyl groups excluding tert-OH is 4. The number of aryl methyl sites for hydroxylation is 1. The summed E-state index contributed by atoms with van der Waals surface area (Å²) in [6, 6.07) is 3.77.